The number of carbonyl (C=O) groups is 1. The van der Waals surface area contributed by atoms with Gasteiger partial charge in [-0.2, -0.15) is 0 Å². The molecule has 0 spiro atoms. The normalized spacial score (nSPS) is 20.6. The Balaban J connectivity index is 1.64. The molecule has 5 nitrogen and oxygen atoms in total. The number of nitrogens with zero attached hydrogens (tertiary/aromatic N) is 1. The van der Waals surface area contributed by atoms with Gasteiger partial charge in [-0.15, -0.1) is 11.8 Å². The first-order chi connectivity index (χ1) is 10.8. The van der Waals surface area contributed by atoms with Gasteiger partial charge in [0.1, 0.15) is 5.75 Å². The van der Waals surface area contributed by atoms with Crippen molar-refractivity contribution >= 4 is 23.4 Å². The van der Waals surface area contributed by atoms with Crippen LogP contribution in [-0.4, -0.2) is 29.8 Å². The van der Waals surface area contributed by atoms with E-state index in [1.807, 2.05) is 42.6 Å². The van der Waals surface area contributed by atoms with E-state index in [2.05, 4.69) is 15.6 Å². The number of rotatable bonds is 4. The molecule has 22 heavy (non-hydrogen) atoms. The van der Waals surface area contributed by atoms with Crippen molar-refractivity contribution in [1.29, 1.82) is 0 Å². The van der Waals surface area contributed by atoms with Gasteiger partial charge in [-0.25, -0.2) is 0 Å². The highest BCUT2D eigenvalue weighted by molar-refractivity contribution is 7.99. The van der Waals surface area contributed by atoms with E-state index in [1.165, 1.54) is 0 Å². The van der Waals surface area contributed by atoms with Gasteiger partial charge in [0.15, 0.2) is 0 Å². The van der Waals surface area contributed by atoms with Crippen LogP contribution in [0.3, 0.4) is 0 Å². The average Bonchev–Trinajstić information content (AvgIpc) is 3.06. The smallest absolute Gasteiger partial charge is 0.242 e. The maximum absolute atomic E-state index is 12.4. The third-order valence-electron chi connectivity index (χ3n) is 3.45. The second kappa shape index (κ2) is 6.81. The number of aromatic nitrogens is 1. The van der Waals surface area contributed by atoms with E-state index in [-0.39, 0.29) is 17.3 Å². The number of nitrogens with one attached hydrogen (secondary N) is 2. The number of para-hydroxylation sites is 2. The van der Waals surface area contributed by atoms with Crippen LogP contribution in [0.15, 0.2) is 48.8 Å². The summed E-state index contributed by atoms with van der Waals surface area (Å²) in [6, 6.07) is 11.1. The number of benzene rings is 1. The number of carbonyl (C=O) groups excluding carboxylic acids is 1. The summed E-state index contributed by atoms with van der Waals surface area (Å²) in [5.41, 5.74) is 1.77. The molecule has 2 aromatic rings. The van der Waals surface area contributed by atoms with Crippen LogP contribution in [0, 0.1) is 0 Å². The zero-order chi connectivity index (χ0) is 15.4. The lowest BCUT2D eigenvalue weighted by atomic mass is 10.2. The van der Waals surface area contributed by atoms with Gasteiger partial charge in [0.25, 0.3) is 0 Å². The summed E-state index contributed by atoms with van der Waals surface area (Å²) >= 11 is 1.71. The predicted molar refractivity (Wildman–Crippen MR) is 88.0 cm³/mol. The lowest BCUT2D eigenvalue weighted by molar-refractivity contribution is -0.117. The molecule has 2 N–H and O–H groups in total. The molecule has 0 bridgehead atoms. The summed E-state index contributed by atoms with van der Waals surface area (Å²) in [5.74, 6) is 1.33. The SMILES string of the molecule is COc1ccccc1NC(=O)C1CSC(c2cccnc2)N1. The first kappa shape index (κ1) is 14.9. The first-order valence-electron chi connectivity index (χ1n) is 6.99. The van der Waals surface area contributed by atoms with Crippen molar-refractivity contribution in [3.8, 4) is 5.75 Å². The number of anilines is 1. The highest BCUT2D eigenvalue weighted by Crippen LogP contribution is 2.33. The monoisotopic (exact) mass is 315 g/mol. The summed E-state index contributed by atoms with van der Waals surface area (Å²) in [5, 5.41) is 6.35. The molecule has 1 fully saturated rings. The van der Waals surface area contributed by atoms with Crippen LogP contribution in [0.1, 0.15) is 10.9 Å². The van der Waals surface area contributed by atoms with Gasteiger partial charge in [-0.3, -0.25) is 15.1 Å². The summed E-state index contributed by atoms with van der Waals surface area (Å²) in [6.45, 7) is 0. The molecule has 3 rings (SSSR count). The van der Waals surface area contributed by atoms with Gasteiger partial charge in [-0.1, -0.05) is 18.2 Å². The van der Waals surface area contributed by atoms with Crippen molar-refractivity contribution in [2.24, 2.45) is 0 Å². The van der Waals surface area contributed by atoms with Crippen molar-refractivity contribution in [2.45, 2.75) is 11.4 Å². The second-order valence-corrected chi connectivity index (χ2v) is 6.05. The fourth-order valence-electron chi connectivity index (χ4n) is 2.31. The summed E-state index contributed by atoms with van der Waals surface area (Å²) in [7, 11) is 1.59. The number of pyridine rings is 1. The maximum Gasteiger partial charge on any atom is 0.242 e. The van der Waals surface area contributed by atoms with Crippen molar-refractivity contribution in [1.82, 2.24) is 10.3 Å². The van der Waals surface area contributed by atoms with Crippen molar-refractivity contribution in [2.75, 3.05) is 18.2 Å². The summed E-state index contributed by atoms with van der Waals surface area (Å²) in [6.07, 6.45) is 3.57. The Morgan fingerprint density at radius 1 is 1.36 bits per heavy atom. The Hall–Kier alpha value is -2.05. The molecule has 1 aliphatic heterocycles. The Kier molecular flexibility index (Phi) is 4.60. The average molecular weight is 315 g/mol. The number of hydrogen-bond donors (Lipinski definition) is 2. The molecule has 2 heterocycles. The predicted octanol–water partition coefficient (Wildman–Crippen LogP) is 2.43. The van der Waals surface area contributed by atoms with E-state index >= 15 is 0 Å². The number of amides is 1. The Morgan fingerprint density at radius 2 is 2.23 bits per heavy atom. The molecule has 0 saturated carbocycles. The van der Waals surface area contributed by atoms with Gasteiger partial charge in [0, 0.05) is 18.1 Å². The molecule has 0 aliphatic carbocycles. The molecule has 2 atom stereocenters. The van der Waals surface area contributed by atoms with Gasteiger partial charge in [-0.05, 0) is 23.8 Å². The minimum Gasteiger partial charge on any atom is -0.495 e. The zero-order valence-corrected chi connectivity index (χ0v) is 13.0. The molecule has 1 amide bonds. The fourth-order valence-corrected chi connectivity index (χ4v) is 3.54. The molecular formula is C16H17N3O2S. The van der Waals surface area contributed by atoms with Crippen LogP contribution in [0.4, 0.5) is 5.69 Å². The Morgan fingerprint density at radius 3 is 3.00 bits per heavy atom. The van der Waals surface area contributed by atoms with Crippen LogP contribution in [-0.2, 0) is 4.79 Å². The molecule has 6 heteroatoms. The third kappa shape index (κ3) is 3.23. The lowest BCUT2D eigenvalue weighted by Crippen LogP contribution is -2.38. The van der Waals surface area contributed by atoms with E-state index in [0.717, 1.165) is 11.3 Å². The molecule has 2 unspecified atom stereocenters. The zero-order valence-electron chi connectivity index (χ0n) is 12.2. The van der Waals surface area contributed by atoms with E-state index in [0.29, 0.717) is 11.4 Å². The molecule has 1 aromatic carbocycles. The molecule has 0 radical (unpaired) electrons. The van der Waals surface area contributed by atoms with E-state index < -0.39 is 0 Å². The number of ether oxygens (including phenoxy) is 1. The van der Waals surface area contributed by atoms with E-state index in [4.69, 9.17) is 4.74 Å². The largest absolute Gasteiger partial charge is 0.495 e. The van der Waals surface area contributed by atoms with Crippen LogP contribution in [0.2, 0.25) is 0 Å². The Labute approximate surface area is 133 Å². The van der Waals surface area contributed by atoms with Gasteiger partial charge >= 0.3 is 0 Å². The van der Waals surface area contributed by atoms with Gasteiger partial charge in [0.05, 0.1) is 24.2 Å². The fraction of sp³-hybridized carbons (Fsp3) is 0.250. The van der Waals surface area contributed by atoms with Gasteiger partial charge in [0.2, 0.25) is 5.91 Å². The molecule has 1 saturated heterocycles. The van der Waals surface area contributed by atoms with Crippen molar-refractivity contribution in [3.63, 3.8) is 0 Å². The summed E-state index contributed by atoms with van der Waals surface area (Å²) < 4.78 is 5.25. The molecular weight excluding hydrogens is 298 g/mol. The van der Waals surface area contributed by atoms with Crippen molar-refractivity contribution in [3.05, 3.63) is 54.4 Å². The first-order valence-corrected chi connectivity index (χ1v) is 8.04. The van der Waals surface area contributed by atoms with E-state index in [9.17, 15) is 4.79 Å². The number of thioether (sulfide) groups is 1. The van der Waals surface area contributed by atoms with Crippen LogP contribution < -0.4 is 15.4 Å². The standard InChI is InChI=1S/C16H17N3O2S/c1-21-14-7-3-2-6-12(14)18-15(20)13-10-22-16(19-13)11-5-4-8-17-9-11/h2-9,13,16,19H,10H2,1H3,(H,18,20). The number of hydrogen-bond acceptors (Lipinski definition) is 5. The highest BCUT2D eigenvalue weighted by Gasteiger charge is 2.30. The van der Waals surface area contributed by atoms with Crippen molar-refractivity contribution < 1.29 is 9.53 Å². The molecule has 1 aliphatic rings. The van der Waals surface area contributed by atoms with Crippen LogP contribution in [0.25, 0.3) is 0 Å². The van der Waals surface area contributed by atoms with E-state index in [1.54, 1.807) is 25.1 Å². The minimum absolute atomic E-state index is 0.0524. The topological polar surface area (TPSA) is 63.2 Å². The highest BCUT2D eigenvalue weighted by atomic mass is 32.2. The molecule has 1 aromatic heterocycles. The quantitative estimate of drug-likeness (QED) is 0.907. The number of methoxy groups -OCH3 is 1. The summed E-state index contributed by atoms with van der Waals surface area (Å²) in [4.78, 5) is 16.5. The Bertz CT molecular complexity index is 651. The van der Waals surface area contributed by atoms with Crippen LogP contribution >= 0.6 is 11.8 Å². The molecule has 114 valence electrons. The van der Waals surface area contributed by atoms with Gasteiger partial charge < -0.3 is 10.1 Å². The van der Waals surface area contributed by atoms with Crippen LogP contribution in [0.5, 0.6) is 5.75 Å². The maximum atomic E-state index is 12.4. The second-order valence-electron chi connectivity index (χ2n) is 4.91. The third-order valence-corrected chi connectivity index (χ3v) is 4.72. The lowest BCUT2D eigenvalue weighted by Gasteiger charge is -2.15. The minimum atomic E-state index is -0.236.